The van der Waals surface area contributed by atoms with E-state index >= 15 is 0 Å². The molecule has 4 rings (SSSR count). The molecule has 1 unspecified atom stereocenters. The molecule has 0 N–H and O–H groups in total. The van der Waals surface area contributed by atoms with E-state index in [2.05, 4.69) is 17.1 Å². The highest BCUT2D eigenvalue weighted by Gasteiger charge is 2.28. The van der Waals surface area contributed by atoms with Crippen LogP contribution in [0.1, 0.15) is 18.1 Å². The maximum absolute atomic E-state index is 6.04. The van der Waals surface area contributed by atoms with Crippen LogP contribution in [0.5, 0.6) is 0 Å². The molecule has 3 aromatic rings. The summed E-state index contributed by atoms with van der Waals surface area (Å²) in [7, 11) is 0. The fourth-order valence-corrected chi connectivity index (χ4v) is 4.28. The lowest BCUT2D eigenvalue weighted by Crippen LogP contribution is -2.38. The third-order valence-corrected chi connectivity index (χ3v) is 5.41. The molecule has 0 radical (unpaired) electrons. The van der Waals surface area contributed by atoms with Gasteiger partial charge in [-0.2, -0.15) is 0 Å². The zero-order valence-electron chi connectivity index (χ0n) is 12.1. The molecule has 3 nitrogen and oxygen atoms in total. The molecule has 0 amide bonds. The third-order valence-electron chi connectivity index (χ3n) is 3.82. The predicted octanol–water partition coefficient (Wildman–Crippen LogP) is 5.20. The first-order valence-corrected chi connectivity index (χ1v) is 8.90. The Balaban J connectivity index is 1.57. The molecule has 0 bridgehead atoms. The molecule has 23 heavy (non-hydrogen) atoms. The number of aromatic nitrogens is 1. The van der Waals surface area contributed by atoms with E-state index < -0.39 is 0 Å². The summed E-state index contributed by atoms with van der Waals surface area (Å²) in [5.74, 6) is 0. The number of thiocarbonyl (C=S) groups is 1. The van der Waals surface area contributed by atoms with Gasteiger partial charge >= 0.3 is 0 Å². The van der Waals surface area contributed by atoms with E-state index in [1.54, 1.807) is 11.3 Å². The Morgan fingerprint density at radius 2 is 2.04 bits per heavy atom. The van der Waals surface area contributed by atoms with Crippen LogP contribution in [0.25, 0.3) is 10.2 Å². The maximum atomic E-state index is 6.04. The Kier molecular flexibility index (Phi) is 3.93. The second-order valence-corrected chi connectivity index (χ2v) is 7.13. The highest BCUT2D eigenvalue weighted by molar-refractivity contribution is 7.80. The van der Waals surface area contributed by atoms with Gasteiger partial charge in [-0.25, -0.2) is 4.98 Å². The standard InChI is InChI=1S/C17H13ClN2OS2/c18-12-6-7-13-15(10-12)23-16(19-13)20-9-8-14(21-17(20)22)11-4-2-1-3-5-11/h1-7,10,14H,8-9H2. The zero-order chi connectivity index (χ0) is 15.8. The lowest BCUT2D eigenvalue weighted by Gasteiger charge is -2.32. The van der Waals surface area contributed by atoms with Gasteiger partial charge in [0.25, 0.3) is 5.17 Å². The number of halogens is 1. The number of benzene rings is 2. The molecule has 0 saturated carbocycles. The van der Waals surface area contributed by atoms with Crippen LogP contribution in [-0.2, 0) is 4.74 Å². The van der Waals surface area contributed by atoms with Gasteiger partial charge < -0.3 is 4.74 Å². The molecule has 1 saturated heterocycles. The molecular formula is C17H13ClN2OS2. The summed E-state index contributed by atoms with van der Waals surface area (Å²) in [5, 5.41) is 2.06. The van der Waals surface area contributed by atoms with Crippen molar-refractivity contribution in [3.8, 4) is 0 Å². The van der Waals surface area contributed by atoms with E-state index in [-0.39, 0.29) is 6.10 Å². The average molecular weight is 361 g/mol. The highest BCUT2D eigenvalue weighted by atomic mass is 35.5. The van der Waals surface area contributed by atoms with Crippen molar-refractivity contribution in [1.82, 2.24) is 4.98 Å². The first-order chi connectivity index (χ1) is 11.2. The first kappa shape index (κ1) is 14.9. The lowest BCUT2D eigenvalue weighted by atomic mass is 10.1. The minimum Gasteiger partial charge on any atom is -0.462 e. The van der Waals surface area contributed by atoms with Crippen LogP contribution >= 0.6 is 35.2 Å². The van der Waals surface area contributed by atoms with Crippen LogP contribution in [0, 0.1) is 0 Å². The smallest absolute Gasteiger partial charge is 0.266 e. The predicted molar refractivity (Wildman–Crippen MR) is 99.5 cm³/mol. The number of anilines is 1. The SMILES string of the molecule is S=C1OC(c2ccccc2)CCN1c1nc2ccc(Cl)cc2s1. The molecular weight excluding hydrogens is 348 g/mol. The van der Waals surface area contributed by atoms with Crippen molar-refractivity contribution in [2.24, 2.45) is 0 Å². The van der Waals surface area contributed by atoms with E-state index in [9.17, 15) is 0 Å². The van der Waals surface area contributed by atoms with Crippen molar-refractivity contribution >= 4 is 55.7 Å². The lowest BCUT2D eigenvalue weighted by molar-refractivity contribution is 0.166. The van der Waals surface area contributed by atoms with Crippen LogP contribution < -0.4 is 4.90 Å². The fraction of sp³-hybridized carbons (Fsp3) is 0.176. The quantitative estimate of drug-likeness (QED) is 0.586. The Morgan fingerprint density at radius 1 is 1.22 bits per heavy atom. The fourth-order valence-electron chi connectivity index (χ4n) is 2.66. The molecule has 2 heterocycles. The summed E-state index contributed by atoms with van der Waals surface area (Å²) in [6.45, 7) is 0.798. The molecule has 1 aliphatic heterocycles. The van der Waals surface area contributed by atoms with Gasteiger partial charge in [0.1, 0.15) is 6.10 Å². The molecule has 1 aromatic heterocycles. The minimum atomic E-state index is 0.0174. The van der Waals surface area contributed by atoms with Crippen molar-refractivity contribution < 1.29 is 4.74 Å². The summed E-state index contributed by atoms with van der Waals surface area (Å²) in [6, 6.07) is 15.9. The molecule has 1 fully saturated rings. The van der Waals surface area contributed by atoms with Crippen molar-refractivity contribution in [3.63, 3.8) is 0 Å². The van der Waals surface area contributed by atoms with Gasteiger partial charge in [-0.15, -0.1) is 0 Å². The van der Waals surface area contributed by atoms with Crippen molar-refractivity contribution in [3.05, 3.63) is 59.1 Å². The molecule has 1 atom stereocenters. The summed E-state index contributed by atoms with van der Waals surface area (Å²) in [4.78, 5) is 6.61. The molecule has 116 valence electrons. The molecule has 1 aliphatic rings. The van der Waals surface area contributed by atoms with Crippen LogP contribution in [0.4, 0.5) is 5.13 Å². The highest BCUT2D eigenvalue weighted by Crippen LogP contribution is 2.35. The van der Waals surface area contributed by atoms with E-state index in [1.807, 2.05) is 41.3 Å². The van der Waals surface area contributed by atoms with Gasteiger partial charge in [0.15, 0.2) is 5.13 Å². The zero-order valence-corrected chi connectivity index (χ0v) is 14.5. The molecule has 0 spiro atoms. The van der Waals surface area contributed by atoms with Gasteiger partial charge in [0, 0.05) is 18.0 Å². The Labute approximate surface area is 148 Å². The molecule has 6 heteroatoms. The van der Waals surface area contributed by atoms with Crippen molar-refractivity contribution in [2.45, 2.75) is 12.5 Å². The maximum Gasteiger partial charge on any atom is 0.266 e. The topological polar surface area (TPSA) is 25.4 Å². The number of nitrogens with zero attached hydrogens (tertiary/aromatic N) is 2. The van der Waals surface area contributed by atoms with Crippen LogP contribution in [-0.4, -0.2) is 16.7 Å². The Bertz CT molecular complexity index is 865. The minimum absolute atomic E-state index is 0.0174. The van der Waals surface area contributed by atoms with Gasteiger partial charge in [0.2, 0.25) is 0 Å². The summed E-state index contributed by atoms with van der Waals surface area (Å²) in [6.07, 6.45) is 0.893. The van der Waals surface area contributed by atoms with Gasteiger partial charge in [-0.05, 0) is 36.0 Å². The normalized spacial score (nSPS) is 18.2. The van der Waals surface area contributed by atoms with E-state index in [1.165, 1.54) is 0 Å². The van der Waals surface area contributed by atoms with Crippen LogP contribution in [0.3, 0.4) is 0 Å². The number of thiazole rings is 1. The summed E-state index contributed by atoms with van der Waals surface area (Å²) in [5.41, 5.74) is 2.09. The first-order valence-electron chi connectivity index (χ1n) is 7.30. The van der Waals surface area contributed by atoms with Gasteiger partial charge in [-0.1, -0.05) is 53.3 Å². The van der Waals surface area contributed by atoms with Crippen molar-refractivity contribution in [2.75, 3.05) is 11.4 Å². The largest absolute Gasteiger partial charge is 0.462 e. The second-order valence-electron chi connectivity index (χ2n) is 5.33. The number of fused-ring (bicyclic) bond motifs is 1. The van der Waals surface area contributed by atoms with E-state index in [0.29, 0.717) is 10.2 Å². The number of hydrogen-bond acceptors (Lipinski definition) is 4. The van der Waals surface area contributed by atoms with Gasteiger partial charge in [0.05, 0.1) is 10.2 Å². The van der Waals surface area contributed by atoms with Gasteiger partial charge in [-0.3, -0.25) is 4.90 Å². The molecule has 2 aromatic carbocycles. The summed E-state index contributed by atoms with van der Waals surface area (Å²) < 4.78 is 7.01. The van der Waals surface area contributed by atoms with E-state index in [0.717, 1.165) is 33.9 Å². The summed E-state index contributed by atoms with van der Waals surface area (Å²) >= 11 is 13.1. The number of ether oxygens (including phenoxy) is 1. The van der Waals surface area contributed by atoms with Crippen LogP contribution in [0.15, 0.2) is 48.5 Å². The Morgan fingerprint density at radius 3 is 2.83 bits per heavy atom. The number of rotatable bonds is 2. The Hall–Kier alpha value is -1.69. The third kappa shape index (κ3) is 2.92. The van der Waals surface area contributed by atoms with E-state index in [4.69, 9.17) is 28.6 Å². The number of hydrogen-bond donors (Lipinski definition) is 0. The average Bonchev–Trinajstić information content (AvgIpc) is 2.98. The molecule has 0 aliphatic carbocycles. The van der Waals surface area contributed by atoms with Crippen molar-refractivity contribution in [1.29, 1.82) is 0 Å². The monoisotopic (exact) mass is 360 g/mol. The van der Waals surface area contributed by atoms with Crippen LogP contribution in [0.2, 0.25) is 5.02 Å². The second kappa shape index (κ2) is 6.07.